The van der Waals surface area contributed by atoms with Gasteiger partial charge in [0.1, 0.15) is 18.1 Å². The van der Waals surface area contributed by atoms with E-state index in [1.54, 1.807) is 18.2 Å². The molecule has 0 spiro atoms. The number of fused-ring (bicyclic) bond motifs is 2. The van der Waals surface area contributed by atoms with E-state index >= 15 is 0 Å². The summed E-state index contributed by atoms with van der Waals surface area (Å²) in [7, 11) is 0. The first-order valence-electron chi connectivity index (χ1n) is 11.5. The average molecular weight is 468 g/mol. The van der Waals surface area contributed by atoms with Crippen LogP contribution in [0.15, 0.2) is 78.7 Å². The smallest absolute Gasteiger partial charge is 0.344 e. The van der Waals surface area contributed by atoms with Gasteiger partial charge < -0.3 is 18.8 Å². The minimum Gasteiger partial charge on any atom is -0.482 e. The summed E-state index contributed by atoms with van der Waals surface area (Å²) in [4.78, 5) is 25.2. The Kier molecular flexibility index (Phi) is 6.10. The number of aryl methyl sites for hydroxylation is 2. The van der Waals surface area contributed by atoms with Crippen LogP contribution in [0.4, 0.5) is 0 Å². The number of nitrogens with zero attached hydrogens (tertiary/aromatic N) is 1. The Morgan fingerprint density at radius 2 is 1.83 bits per heavy atom. The first-order chi connectivity index (χ1) is 17.0. The zero-order chi connectivity index (χ0) is 24.4. The van der Waals surface area contributed by atoms with Gasteiger partial charge in [0.25, 0.3) is 0 Å². The van der Waals surface area contributed by atoms with Crippen LogP contribution in [0.3, 0.4) is 0 Å². The zero-order valence-electron chi connectivity index (χ0n) is 19.6. The Hall–Kier alpha value is -4.32. The summed E-state index contributed by atoms with van der Waals surface area (Å²) in [5.74, 6) is 0.487. The van der Waals surface area contributed by atoms with Gasteiger partial charge in [-0.2, -0.15) is 0 Å². The molecule has 5 rings (SSSR count). The summed E-state index contributed by atoms with van der Waals surface area (Å²) < 4.78 is 19.0. The molecule has 0 fully saturated rings. The van der Waals surface area contributed by atoms with Gasteiger partial charge in [-0.3, -0.25) is 4.79 Å². The topological polar surface area (TPSA) is 66.8 Å². The van der Waals surface area contributed by atoms with E-state index in [2.05, 4.69) is 17.6 Å². The molecule has 6 nitrogen and oxygen atoms in total. The number of esters is 1. The van der Waals surface area contributed by atoms with Gasteiger partial charge in [-0.25, -0.2) is 4.79 Å². The van der Waals surface area contributed by atoms with Crippen LogP contribution < -0.4 is 9.47 Å². The van der Waals surface area contributed by atoms with Gasteiger partial charge >= 0.3 is 5.97 Å². The molecule has 3 aromatic carbocycles. The number of para-hydroxylation sites is 1. The van der Waals surface area contributed by atoms with Crippen molar-refractivity contribution in [1.29, 1.82) is 0 Å². The third kappa shape index (κ3) is 4.55. The Balaban J connectivity index is 1.31. The lowest BCUT2D eigenvalue weighted by atomic mass is 10.0. The minimum absolute atomic E-state index is 0.167. The summed E-state index contributed by atoms with van der Waals surface area (Å²) >= 11 is 0. The molecular weight excluding hydrogens is 442 g/mol. The van der Waals surface area contributed by atoms with Crippen LogP contribution >= 0.6 is 0 Å². The Morgan fingerprint density at radius 3 is 2.63 bits per heavy atom. The number of ether oxygens (including phenoxy) is 3. The quantitative estimate of drug-likeness (QED) is 0.257. The summed E-state index contributed by atoms with van der Waals surface area (Å²) in [5, 5.41) is 1.06. The van der Waals surface area contributed by atoms with Crippen molar-refractivity contribution < 1.29 is 23.8 Å². The highest BCUT2D eigenvalue weighted by molar-refractivity contribution is 6.16. The van der Waals surface area contributed by atoms with E-state index in [0.717, 1.165) is 34.1 Å². The molecular formula is C29H25NO5. The van der Waals surface area contributed by atoms with Crippen molar-refractivity contribution in [3.05, 3.63) is 101 Å². The van der Waals surface area contributed by atoms with Crippen molar-refractivity contribution in [1.82, 2.24) is 4.57 Å². The molecule has 0 radical (unpaired) electrons. The maximum absolute atomic E-state index is 13.1. The predicted octanol–water partition coefficient (Wildman–Crippen LogP) is 5.71. The molecule has 1 aliphatic heterocycles. The van der Waals surface area contributed by atoms with Gasteiger partial charge in [0, 0.05) is 35.3 Å². The van der Waals surface area contributed by atoms with Crippen molar-refractivity contribution in [3.63, 3.8) is 0 Å². The molecule has 0 bridgehead atoms. The van der Waals surface area contributed by atoms with Crippen molar-refractivity contribution in [2.24, 2.45) is 0 Å². The molecule has 0 unspecified atom stereocenters. The van der Waals surface area contributed by atoms with Crippen LogP contribution in [-0.4, -0.2) is 22.9 Å². The fourth-order valence-electron chi connectivity index (χ4n) is 4.28. The molecule has 176 valence electrons. The third-order valence-electron chi connectivity index (χ3n) is 5.99. The van der Waals surface area contributed by atoms with E-state index in [1.165, 1.54) is 0 Å². The van der Waals surface area contributed by atoms with E-state index in [4.69, 9.17) is 14.2 Å². The second-order valence-corrected chi connectivity index (χ2v) is 8.38. The molecule has 6 heteroatoms. The lowest BCUT2D eigenvalue weighted by Gasteiger charge is -2.09. The minimum atomic E-state index is -0.475. The van der Waals surface area contributed by atoms with Crippen LogP contribution in [0.25, 0.3) is 17.0 Å². The highest BCUT2D eigenvalue weighted by atomic mass is 16.6. The second kappa shape index (κ2) is 9.50. The molecule has 35 heavy (non-hydrogen) atoms. The number of hydrogen-bond donors (Lipinski definition) is 0. The van der Waals surface area contributed by atoms with Gasteiger partial charge in [-0.1, -0.05) is 48.5 Å². The first-order valence-corrected chi connectivity index (χ1v) is 11.5. The Morgan fingerprint density at radius 1 is 1.06 bits per heavy atom. The SMILES string of the molecule is CCn1cc(/C=C2\Oc3cc(OCC(=O)OCc4ccccc4)cc(C)c3C2=O)c2ccccc21. The van der Waals surface area contributed by atoms with Crippen LogP contribution in [0.2, 0.25) is 0 Å². The van der Waals surface area contributed by atoms with Crippen molar-refractivity contribution in [2.45, 2.75) is 27.0 Å². The van der Waals surface area contributed by atoms with E-state index in [1.807, 2.05) is 61.7 Å². The largest absolute Gasteiger partial charge is 0.482 e. The molecule has 1 aromatic heterocycles. The molecule has 0 amide bonds. The van der Waals surface area contributed by atoms with Gasteiger partial charge in [-0.15, -0.1) is 0 Å². The lowest BCUT2D eigenvalue weighted by molar-refractivity contribution is -0.147. The Bertz CT molecular complexity index is 1450. The number of benzene rings is 3. The standard InChI is InChI=1S/C29H25NO5/c1-3-30-16-21(23-11-7-8-12-24(23)30)14-26-29(32)28-19(2)13-22(15-25(28)35-26)33-18-27(31)34-17-20-9-5-4-6-10-20/h4-16H,3,17-18H2,1-2H3/b26-14-. The van der Waals surface area contributed by atoms with Crippen LogP contribution in [0.1, 0.15) is 34.0 Å². The number of hydrogen-bond acceptors (Lipinski definition) is 5. The van der Waals surface area contributed by atoms with Crippen LogP contribution in [-0.2, 0) is 22.7 Å². The van der Waals surface area contributed by atoms with Crippen molar-refractivity contribution in [2.75, 3.05) is 6.61 Å². The number of carbonyl (C=O) groups is 2. The molecule has 0 aliphatic carbocycles. The van der Waals surface area contributed by atoms with Crippen LogP contribution in [0, 0.1) is 6.92 Å². The molecule has 1 aliphatic rings. The van der Waals surface area contributed by atoms with Crippen molar-refractivity contribution in [3.8, 4) is 11.5 Å². The summed E-state index contributed by atoms with van der Waals surface area (Å²) in [6.07, 6.45) is 3.82. The Labute approximate surface area is 203 Å². The molecule has 0 N–H and O–H groups in total. The van der Waals surface area contributed by atoms with Crippen molar-refractivity contribution >= 4 is 28.7 Å². The molecule has 0 atom stereocenters. The second-order valence-electron chi connectivity index (χ2n) is 8.38. The fraction of sp³-hybridized carbons (Fsp3) is 0.172. The number of rotatable bonds is 7. The maximum atomic E-state index is 13.1. The summed E-state index contributed by atoms with van der Waals surface area (Å²) in [6, 6.07) is 20.9. The maximum Gasteiger partial charge on any atom is 0.344 e. The lowest BCUT2D eigenvalue weighted by Crippen LogP contribution is -2.14. The third-order valence-corrected chi connectivity index (χ3v) is 5.99. The highest BCUT2D eigenvalue weighted by Gasteiger charge is 2.30. The molecule has 0 saturated carbocycles. The summed E-state index contributed by atoms with van der Waals surface area (Å²) in [5.41, 5.74) is 4.17. The van der Waals surface area contributed by atoms with E-state index in [9.17, 15) is 9.59 Å². The van der Waals surface area contributed by atoms with E-state index in [-0.39, 0.29) is 24.8 Å². The number of aromatic nitrogens is 1. The van der Waals surface area contributed by atoms with Gasteiger partial charge in [0.15, 0.2) is 12.4 Å². The number of Topliss-reactive ketones (excluding diaryl/α,β-unsaturated/α-hetero) is 1. The van der Waals surface area contributed by atoms with E-state index in [0.29, 0.717) is 17.1 Å². The molecule has 2 heterocycles. The predicted molar refractivity (Wildman–Crippen MR) is 133 cm³/mol. The van der Waals surface area contributed by atoms with E-state index < -0.39 is 5.97 Å². The average Bonchev–Trinajstić information content (AvgIpc) is 3.39. The van der Waals surface area contributed by atoms with Crippen LogP contribution in [0.5, 0.6) is 11.5 Å². The highest BCUT2D eigenvalue weighted by Crippen LogP contribution is 2.38. The van der Waals surface area contributed by atoms with Gasteiger partial charge in [-0.05, 0) is 43.2 Å². The molecule has 0 saturated heterocycles. The number of carbonyl (C=O) groups excluding carboxylic acids is 2. The normalized spacial score (nSPS) is 13.7. The number of ketones is 1. The monoisotopic (exact) mass is 467 g/mol. The zero-order valence-corrected chi connectivity index (χ0v) is 19.6. The fourth-order valence-corrected chi connectivity index (χ4v) is 4.28. The van der Waals surface area contributed by atoms with Gasteiger partial charge in [0.05, 0.1) is 5.56 Å². The molecule has 4 aromatic rings. The number of allylic oxidation sites excluding steroid dienone is 1. The first kappa shape index (κ1) is 22.5. The van der Waals surface area contributed by atoms with Gasteiger partial charge in [0.2, 0.25) is 5.78 Å². The summed E-state index contributed by atoms with van der Waals surface area (Å²) in [6.45, 7) is 4.68.